The maximum Gasteiger partial charge on any atom is 0.244 e. The Morgan fingerprint density at radius 2 is 2.12 bits per heavy atom. The van der Waals surface area contributed by atoms with Crippen molar-refractivity contribution in [3.63, 3.8) is 0 Å². The molecule has 26 heavy (non-hydrogen) atoms. The van der Waals surface area contributed by atoms with Crippen LogP contribution in [0.25, 0.3) is 0 Å². The van der Waals surface area contributed by atoms with E-state index < -0.39 is 22.2 Å². The van der Waals surface area contributed by atoms with E-state index in [1.807, 2.05) is 6.07 Å². The smallest absolute Gasteiger partial charge is 0.244 e. The molecule has 2 heterocycles. The fourth-order valence-electron chi connectivity index (χ4n) is 2.75. The number of nitrogens with zero attached hydrogens (tertiary/aromatic N) is 3. The van der Waals surface area contributed by atoms with E-state index in [0.717, 1.165) is 0 Å². The minimum atomic E-state index is -3.72. The lowest BCUT2D eigenvalue weighted by Crippen LogP contribution is -2.51. The van der Waals surface area contributed by atoms with Gasteiger partial charge in [0.05, 0.1) is 36.2 Å². The van der Waals surface area contributed by atoms with Gasteiger partial charge in [-0.25, -0.2) is 13.1 Å². The van der Waals surface area contributed by atoms with Crippen molar-refractivity contribution in [1.82, 2.24) is 14.5 Å². The summed E-state index contributed by atoms with van der Waals surface area (Å²) in [4.78, 5) is 0.156. The molecule has 3 rings (SSSR count). The summed E-state index contributed by atoms with van der Waals surface area (Å²) in [7, 11) is -2.02. The predicted molar refractivity (Wildman–Crippen MR) is 93.1 cm³/mol. The number of hydrogen-bond acceptors (Lipinski definition) is 6. The van der Waals surface area contributed by atoms with Crippen LogP contribution in [0.4, 0.5) is 0 Å². The van der Waals surface area contributed by atoms with Gasteiger partial charge in [0.1, 0.15) is 16.7 Å². The van der Waals surface area contributed by atoms with Crippen LogP contribution in [0.15, 0.2) is 35.4 Å². The molecule has 1 N–H and O–H groups in total. The molecule has 1 saturated heterocycles. The molecule has 2 aromatic rings. The van der Waals surface area contributed by atoms with Crippen LogP contribution in [0.2, 0.25) is 0 Å². The number of aromatic nitrogens is 2. The normalized spacial score (nSPS) is 20.5. The fraction of sp³-hybridized carbons (Fsp3) is 0.412. The van der Waals surface area contributed by atoms with Crippen molar-refractivity contribution < 1.29 is 17.9 Å². The molecule has 1 aromatic heterocycles. The average molecular weight is 376 g/mol. The lowest BCUT2D eigenvalue weighted by atomic mass is 10.1. The van der Waals surface area contributed by atoms with Crippen molar-refractivity contribution in [1.29, 1.82) is 5.26 Å². The van der Waals surface area contributed by atoms with Crippen LogP contribution < -0.4 is 9.46 Å². The molecular weight excluding hydrogens is 356 g/mol. The lowest BCUT2D eigenvalue weighted by Gasteiger charge is -2.32. The van der Waals surface area contributed by atoms with Crippen LogP contribution in [0.1, 0.15) is 17.7 Å². The molecule has 1 aromatic carbocycles. The largest absolute Gasteiger partial charge is 0.486 e. The Labute approximate surface area is 152 Å². The summed E-state index contributed by atoms with van der Waals surface area (Å²) in [5.74, 6) is 0.557. The summed E-state index contributed by atoms with van der Waals surface area (Å²) in [6.07, 6.45) is 1.37. The number of benzene rings is 1. The summed E-state index contributed by atoms with van der Waals surface area (Å²) < 4.78 is 41.0. The van der Waals surface area contributed by atoms with E-state index in [0.29, 0.717) is 30.0 Å². The molecule has 0 spiro atoms. The van der Waals surface area contributed by atoms with Crippen LogP contribution >= 0.6 is 0 Å². The highest BCUT2D eigenvalue weighted by atomic mass is 32.2. The first-order chi connectivity index (χ1) is 12.4. The molecule has 0 bridgehead atoms. The number of aryl methyl sites for hydroxylation is 1. The molecule has 1 aliphatic rings. The highest BCUT2D eigenvalue weighted by Gasteiger charge is 2.33. The third-order valence-corrected chi connectivity index (χ3v) is 5.95. The second-order valence-electron chi connectivity index (χ2n) is 6.10. The van der Waals surface area contributed by atoms with E-state index in [4.69, 9.17) is 14.7 Å². The first-order valence-corrected chi connectivity index (χ1v) is 9.64. The minimum absolute atomic E-state index is 0.156. The third kappa shape index (κ3) is 3.88. The zero-order chi connectivity index (χ0) is 18.7. The Kier molecular flexibility index (Phi) is 5.27. The van der Waals surface area contributed by atoms with Gasteiger partial charge < -0.3 is 9.47 Å². The monoisotopic (exact) mass is 376 g/mol. The van der Waals surface area contributed by atoms with E-state index in [9.17, 15) is 8.42 Å². The van der Waals surface area contributed by atoms with Crippen molar-refractivity contribution in [3.05, 3.63) is 41.7 Å². The molecule has 0 amide bonds. The van der Waals surface area contributed by atoms with Crippen LogP contribution in [0, 0.1) is 18.3 Å². The van der Waals surface area contributed by atoms with Crippen LogP contribution in [-0.4, -0.2) is 43.6 Å². The van der Waals surface area contributed by atoms with Crippen LogP contribution in [-0.2, 0) is 21.8 Å². The molecule has 2 atom stereocenters. The van der Waals surface area contributed by atoms with Gasteiger partial charge in [-0.2, -0.15) is 10.4 Å². The van der Waals surface area contributed by atoms with E-state index in [2.05, 4.69) is 9.82 Å². The van der Waals surface area contributed by atoms with Crippen molar-refractivity contribution in [3.8, 4) is 11.8 Å². The van der Waals surface area contributed by atoms with Gasteiger partial charge >= 0.3 is 0 Å². The van der Waals surface area contributed by atoms with Gasteiger partial charge in [0.2, 0.25) is 10.0 Å². The summed E-state index contributed by atoms with van der Waals surface area (Å²) in [6, 6.07) is 8.29. The van der Waals surface area contributed by atoms with Crippen LogP contribution in [0.3, 0.4) is 0 Å². The highest BCUT2D eigenvalue weighted by molar-refractivity contribution is 7.89. The van der Waals surface area contributed by atoms with Crippen LogP contribution in [0.5, 0.6) is 5.75 Å². The Hall–Kier alpha value is -2.41. The van der Waals surface area contributed by atoms with E-state index in [-0.39, 0.29) is 11.5 Å². The molecular formula is C17H20N4O4S. The summed E-state index contributed by atoms with van der Waals surface area (Å²) >= 11 is 0. The summed E-state index contributed by atoms with van der Waals surface area (Å²) in [5, 5.41) is 12.9. The molecule has 9 heteroatoms. The van der Waals surface area contributed by atoms with Gasteiger partial charge in [0.25, 0.3) is 0 Å². The van der Waals surface area contributed by atoms with Gasteiger partial charge in [0, 0.05) is 13.7 Å². The Morgan fingerprint density at radius 1 is 1.38 bits per heavy atom. The SMILES string of the molecule is Cc1c(S(=O)(=O)N[C@@H]2CCOC[C@H]2Oc2ccc(C#N)cc2)cnn1C. The Morgan fingerprint density at radius 3 is 2.73 bits per heavy atom. The number of sulfonamides is 1. The number of nitrogens with one attached hydrogen (secondary N) is 1. The number of ether oxygens (including phenoxy) is 2. The fourth-order valence-corrected chi connectivity index (χ4v) is 4.25. The summed E-state index contributed by atoms with van der Waals surface area (Å²) in [6.45, 7) is 2.43. The molecule has 1 aliphatic heterocycles. The Bertz CT molecular complexity index is 915. The second-order valence-corrected chi connectivity index (χ2v) is 7.78. The quantitative estimate of drug-likeness (QED) is 0.838. The van der Waals surface area contributed by atoms with E-state index in [1.165, 1.54) is 10.9 Å². The van der Waals surface area contributed by atoms with Gasteiger partial charge in [-0.1, -0.05) is 0 Å². The molecule has 138 valence electrons. The highest BCUT2D eigenvalue weighted by Crippen LogP contribution is 2.21. The zero-order valence-electron chi connectivity index (χ0n) is 14.5. The first kappa shape index (κ1) is 18.4. The standard InChI is InChI=1S/C17H20N4O4S/c1-12-17(10-19-21(12)2)26(22,23)20-15-7-8-24-11-16(15)25-14-5-3-13(9-18)4-6-14/h3-6,10,15-16,20H,7-8,11H2,1-2H3/t15-,16-/m1/s1. The van der Waals surface area contributed by atoms with Crippen molar-refractivity contribution in [2.75, 3.05) is 13.2 Å². The van der Waals surface area contributed by atoms with Gasteiger partial charge in [-0.15, -0.1) is 0 Å². The Balaban J connectivity index is 1.76. The predicted octanol–water partition coefficient (Wildman–Crippen LogP) is 1.11. The van der Waals surface area contributed by atoms with Crippen molar-refractivity contribution in [2.45, 2.75) is 30.4 Å². The molecule has 0 saturated carbocycles. The molecule has 0 unspecified atom stereocenters. The zero-order valence-corrected chi connectivity index (χ0v) is 15.4. The maximum absolute atomic E-state index is 12.7. The maximum atomic E-state index is 12.7. The van der Waals surface area contributed by atoms with E-state index in [1.54, 1.807) is 38.2 Å². The van der Waals surface area contributed by atoms with Crippen molar-refractivity contribution >= 4 is 10.0 Å². The molecule has 0 radical (unpaired) electrons. The molecule has 1 fully saturated rings. The number of hydrogen-bond donors (Lipinski definition) is 1. The van der Waals surface area contributed by atoms with Gasteiger partial charge in [0.15, 0.2) is 0 Å². The summed E-state index contributed by atoms with van der Waals surface area (Å²) in [5.41, 5.74) is 1.09. The third-order valence-electron chi connectivity index (χ3n) is 4.36. The van der Waals surface area contributed by atoms with Gasteiger partial charge in [-0.3, -0.25) is 4.68 Å². The first-order valence-electron chi connectivity index (χ1n) is 8.16. The second kappa shape index (κ2) is 7.45. The lowest BCUT2D eigenvalue weighted by molar-refractivity contribution is -0.00926. The van der Waals surface area contributed by atoms with Crippen molar-refractivity contribution in [2.24, 2.45) is 7.05 Å². The minimum Gasteiger partial charge on any atom is -0.486 e. The van der Waals surface area contributed by atoms with Gasteiger partial charge in [-0.05, 0) is 37.6 Å². The molecule has 0 aliphatic carbocycles. The molecule has 8 nitrogen and oxygen atoms in total. The number of rotatable bonds is 5. The topological polar surface area (TPSA) is 106 Å². The average Bonchev–Trinajstić information content (AvgIpc) is 2.97. The number of nitriles is 1. The van der Waals surface area contributed by atoms with E-state index >= 15 is 0 Å².